The van der Waals surface area contributed by atoms with Crippen molar-refractivity contribution in [2.45, 2.75) is 52.0 Å². The van der Waals surface area contributed by atoms with E-state index in [1.807, 2.05) is 26.0 Å². The van der Waals surface area contributed by atoms with Gasteiger partial charge in [-0.2, -0.15) is 0 Å². The summed E-state index contributed by atoms with van der Waals surface area (Å²) in [6.07, 6.45) is 2.43. The highest BCUT2D eigenvalue weighted by Gasteiger charge is 2.19. The van der Waals surface area contributed by atoms with Crippen LogP contribution in [0.1, 0.15) is 56.8 Å². The van der Waals surface area contributed by atoms with Crippen LogP contribution >= 0.6 is 15.9 Å². The lowest BCUT2D eigenvalue weighted by atomic mass is 9.98. The van der Waals surface area contributed by atoms with E-state index in [0.29, 0.717) is 5.56 Å². The number of benzene rings is 1. The molecular weight excluding hydrogens is 318 g/mol. The van der Waals surface area contributed by atoms with Crippen molar-refractivity contribution in [2.75, 3.05) is 0 Å². The van der Waals surface area contributed by atoms with E-state index in [-0.39, 0.29) is 30.1 Å². The molecule has 0 atom stereocenters. The number of ketones is 1. The zero-order valence-corrected chi connectivity index (χ0v) is 13.9. The Labute approximate surface area is 129 Å². The fourth-order valence-corrected chi connectivity index (χ4v) is 2.40. The van der Waals surface area contributed by atoms with E-state index >= 15 is 0 Å². The quantitative estimate of drug-likeness (QED) is 0.760. The number of carbonyl (C=O) groups excluding carboxylic acids is 2. The van der Waals surface area contributed by atoms with E-state index < -0.39 is 0 Å². The summed E-state index contributed by atoms with van der Waals surface area (Å²) in [6.45, 7) is 6.10. The molecule has 0 spiro atoms. The van der Waals surface area contributed by atoms with Gasteiger partial charge >= 0.3 is 0 Å². The van der Waals surface area contributed by atoms with Crippen molar-refractivity contribution in [3.63, 3.8) is 0 Å². The smallest absolute Gasteiger partial charge is 0.220 e. The molecule has 0 aliphatic heterocycles. The summed E-state index contributed by atoms with van der Waals surface area (Å²) >= 11 is 3.33. The highest BCUT2D eigenvalue weighted by Crippen LogP contribution is 2.14. The average molecular weight is 340 g/mol. The van der Waals surface area contributed by atoms with Gasteiger partial charge < -0.3 is 5.32 Å². The number of Topliss-reactive ketones (excluding diaryl/α,β-unsaturated/α-hetero) is 1. The monoisotopic (exact) mass is 339 g/mol. The van der Waals surface area contributed by atoms with E-state index in [1.54, 1.807) is 12.1 Å². The molecule has 0 fully saturated rings. The van der Waals surface area contributed by atoms with Crippen LogP contribution in [0.25, 0.3) is 0 Å². The first-order valence-electron chi connectivity index (χ1n) is 6.94. The molecule has 3 nitrogen and oxygen atoms in total. The van der Waals surface area contributed by atoms with Crippen LogP contribution in [0.5, 0.6) is 0 Å². The Kier molecular flexibility index (Phi) is 6.40. The zero-order chi connectivity index (χ0) is 15.2. The Morgan fingerprint density at radius 1 is 1.15 bits per heavy atom. The van der Waals surface area contributed by atoms with Crippen LogP contribution in [-0.2, 0) is 4.79 Å². The summed E-state index contributed by atoms with van der Waals surface area (Å²) in [5.74, 6) is -0.0603. The molecule has 0 bridgehead atoms. The molecule has 1 rings (SSSR count). The minimum atomic E-state index is -0.202. The van der Waals surface area contributed by atoms with Gasteiger partial charge in [-0.05, 0) is 32.4 Å². The van der Waals surface area contributed by atoms with Crippen LogP contribution in [0.4, 0.5) is 0 Å². The number of rotatable bonds is 7. The van der Waals surface area contributed by atoms with Crippen LogP contribution in [0.3, 0.4) is 0 Å². The molecule has 0 radical (unpaired) electrons. The van der Waals surface area contributed by atoms with Crippen LogP contribution in [0, 0.1) is 0 Å². The van der Waals surface area contributed by atoms with Gasteiger partial charge in [-0.15, -0.1) is 0 Å². The fourth-order valence-electron chi connectivity index (χ4n) is 2.13. The Balaban J connectivity index is 2.45. The van der Waals surface area contributed by atoms with Crippen molar-refractivity contribution >= 4 is 27.6 Å². The number of amides is 1. The molecule has 110 valence electrons. The molecule has 4 heteroatoms. The van der Waals surface area contributed by atoms with Gasteiger partial charge in [-0.25, -0.2) is 0 Å². The predicted octanol–water partition coefficient (Wildman–Crippen LogP) is 4.11. The molecule has 1 amide bonds. The van der Waals surface area contributed by atoms with Crippen molar-refractivity contribution in [1.29, 1.82) is 0 Å². The minimum Gasteiger partial charge on any atom is -0.351 e. The lowest BCUT2D eigenvalue weighted by Crippen LogP contribution is -2.43. The van der Waals surface area contributed by atoms with E-state index in [0.717, 1.165) is 17.3 Å². The second-order valence-corrected chi connectivity index (χ2v) is 6.53. The van der Waals surface area contributed by atoms with Crippen LogP contribution in [-0.4, -0.2) is 17.2 Å². The van der Waals surface area contributed by atoms with Crippen molar-refractivity contribution in [3.05, 3.63) is 34.3 Å². The van der Waals surface area contributed by atoms with Crippen LogP contribution in [0.15, 0.2) is 28.7 Å². The second-order valence-electron chi connectivity index (χ2n) is 5.61. The maximum Gasteiger partial charge on any atom is 0.220 e. The first kappa shape index (κ1) is 16.9. The second kappa shape index (κ2) is 7.58. The summed E-state index contributed by atoms with van der Waals surface area (Å²) in [5, 5.41) is 2.97. The Morgan fingerprint density at radius 3 is 2.30 bits per heavy atom. The van der Waals surface area contributed by atoms with Gasteiger partial charge in [0.1, 0.15) is 0 Å². The van der Waals surface area contributed by atoms with Gasteiger partial charge in [-0.3, -0.25) is 9.59 Å². The van der Waals surface area contributed by atoms with E-state index in [4.69, 9.17) is 0 Å². The highest BCUT2D eigenvalue weighted by atomic mass is 79.9. The molecule has 1 aromatic carbocycles. The van der Waals surface area contributed by atoms with Gasteiger partial charge in [0, 0.05) is 28.4 Å². The van der Waals surface area contributed by atoms with Crippen molar-refractivity contribution in [2.24, 2.45) is 0 Å². The van der Waals surface area contributed by atoms with Gasteiger partial charge in [0.2, 0.25) is 5.91 Å². The number of halogens is 1. The van der Waals surface area contributed by atoms with Gasteiger partial charge in [-0.1, -0.05) is 41.4 Å². The standard InChI is InChI=1S/C16H22BrNO2/c1-4-11-16(2,3)18-15(20)10-9-14(19)12-5-7-13(17)8-6-12/h5-8H,4,9-11H2,1-3H3,(H,18,20). The molecule has 0 aliphatic carbocycles. The topological polar surface area (TPSA) is 46.2 Å². The number of hydrogen-bond acceptors (Lipinski definition) is 2. The minimum absolute atomic E-state index is 0.000877. The molecule has 0 heterocycles. The third kappa shape index (κ3) is 5.87. The summed E-state index contributed by atoms with van der Waals surface area (Å²) in [5.41, 5.74) is 0.445. The summed E-state index contributed by atoms with van der Waals surface area (Å²) < 4.78 is 0.938. The van der Waals surface area contributed by atoms with E-state index in [1.165, 1.54) is 0 Å². The van der Waals surface area contributed by atoms with E-state index in [9.17, 15) is 9.59 Å². The molecule has 1 N–H and O–H groups in total. The van der Waals surface area contributed by atoms with Gasteiger partial charge in [0.05, 0.1) is 0 Å². The van der Waals surface area contributed by atoms with Gasteiger partial charge in [0.25, 0.3) is 0 Å². The molecule has 0 saturated heterocycles. The van der Waals surface area contributed by atoms with Crippen molar-refractivity contribution in [3.8, 4) is 0 Å². The van der Waals surface area contributed by atoms with Gasteiger partial charge in [0.15, 0.2) is 5.78 Å². The number of hydrogen-bond donors (Lipinski definition) is 1. The third-order valence-corrected chi connectivity index (χ3v) is 3.63. The Hall–Kier alpha value is -1.16. The third-order valence-electron chi connectivity index (χ3n) is 3.10. The zero-order valence-electron chi connectivity index (χ0n) is 12.3. The van der Waals surface area contributed by atoms with Crippen molar-refractivity contribution in [1.82, 2.24) is 5.32 Å². The normalized spacial score (nSPS) is 11.2. The lowest BCUT2D eigenvalue weighted by Gasteiger charge is -2.25. The van der Waals surface area contributed by atoms with Crippen LogP contribution in [0.2, 0.25) is 0 Å². The van der Waals surface area contributed by atoms with Crippen molar-refractivity contribution < 1.29 is 9.59 Å². The first-order chi connectivity index (χ1) is 9.34. The molecule has 0 aliphatic rings. The molecule has 1 aromatic rings. The summed E-state index contributed by atoms with van der Waals surface area (Å²) in [7, 11) is 0. The highest BCUT2D eigenvalue weighted by molar-refractivity contribution is 9.10. The first-order valence-corrected chi connectivity index (χ1v) is 7.73. The molecule has 0 saturated carbocycles. The average Bonchev–Trinajstić information content (AvgIpc) is 2.36. The summed E-state index contributed by atoms with van der Waals surface area (Å²) in [4.78, 5) is 23.8. The molecule has 20 heavy (non-hydrogen) atoms. The maximum absolute atomic E-state index is 12.0. The fraction of sp³-hybridized carbons (Fsp3) is 0.500. The predicted molar refractivity (Wildman–Crippen MR) is 84.8 cm³/mol. The number of nitrogens with one attached hydrogen (secondary N) is 1. The SMILES string of the molecule is CCCC(C)(C)NC(=O)CCC(=O)c1ccc(Br)cc1. The number of carbonyl (C=O) groups is 2. The maximum atomic E-state index is 12.0. The largest absolute Gasteiger partial charge is 0.351 e. The lowest BCUT2D eigenvalue weighted by molar-refractivity contribution is -0.122. The Morgan fingerprint density at radius 2 is 1.75 bits per heavy atom. The Bertz CT molecular complexity index is 466. The van der Waals surface area contributed by atoms with Crippen LogP contribution < -0.4 is 5.32 Å². The molecule has 0 aromatic heterocycles. The summed E-state index contributed by atoms with van der Waals surface area (Å²) in [6, 6.07) is 7.20. The van der Waals surface area contributed by atoms with E-state index in [2.05, 4.69) is 28.2 Å². The molecule has 0 unspecified atom stereocenters. The molecular formula is C16H22BrNO2.